The van der Waals surface area contributed by atoms with Gasteiger partial charge >= 0.3 is 5.97 Å². The van der Waals surface area contributed by atoms with Crippen molar-refractivity contribution in [1.29, 1.82) is 0 Å². The second-order valence-corrected chi connectivity index (χ2v) is 9.91. The molecule has 0 aliphatic heterocycles. The van der Waals surface area contributed by atoms with Crippen molar-refractivity contribution in [3.05, 3.63) is 101 Å². The summed E-state index contributed by atoms with van der Waals surface area (Å²) >= 11 is 0. The molecule has 192 valence electrons. The molecule has 1 heterocycles. The summed E-state index contributed by atoms with van der Waals surface area (Å²) in [6.45, 7) is 6.57. The third-order valence-corrected chi connectivity index (χ3v) is 6.24. The van der Waals surface area contributed by atoms with Crippen molar-refractivity contribution in [3.8, 4) is 22.6 Å². The van der Waals surface area contributed by atoms with E-state index in [-0.39, 0.29) is 24.3 Å². The van der Waals surface area contributed by atoms with Crippen molar-refractivity contribution >= 4 is 5.97 Å². The maximum Gasteiger partial charge on any atom is 0.304 e. The van der Waals surface area contributed by atoms with Gasteiger partial charge in [0.15, 0.2) is 0 Å². The fraction of sp³-hybridized carbons (Fsp3) is 0.267. The maximum atomic E-state index is 14.9. The molecular formula is C30H30FNO5. The van der Waals surface area contributed by atoms with E-state index in [2.05, 4.69) is 25.9 Å². The average Bonchev–Trinajstić information content (AvgIpc) is 3.41. The van der Waals surface area contributed by atoms with Crippen molar-refractivity contribution in [2.45, 2.75) is 45.1 Å². The molecule has 0 amide bonds. The largest absolute Gasteiger partial charge is 0.497 e. The molecule has 0 bridgehead atoms. The van der Waals surface area contributed by atoms with Crippen molar-refractivity contribution in [2.75, 3.05) is 7.11 Å². The van der Waals surface area contributed by atoms with E-state index in [9.17, 15) is 14.3 Å². The Morgan fingerprint density at radius 2 is 1.73 bits per heavy atom. The van der Waals surface area contributed by atoms with Gasteiger partial charge in [0.1, 0.15) is 30.2 Å². The topological polar surface area (TPSA) is 81.8 Å². The van der Waals surface area contributed by atoms with Gasteiger partial charge in [-0.05, 0) is 64.1 Å². The Kier molecular flexibility index (Phi) is 7.62. The van der Waals surface area contributed by atoms with Crippen LogP contribution in [0.15, 0.2) is 77.5 Å². The average molecular weight is 504 g/mol. The normalized spacial score (nSPS) is 12.2. The van der Waals surface area contributed by atoms with Gasteiger partial charge in [-0.15, -0.1) is 0 Å². The summed E-state index contributed by atoms with van der Waals surface area (Å²) in [6.07, 6.45) is 1.33. The summed E-state index contributed by atoms with van der Waals surface area (Å²) < 4.78 is 31.1. The molecule has 1 N–H and O–H groups in total. The molecule has 0 saturated heterocycles. The number of halogens is 1. The van der Waals surface area contributed by atoms with Gasteiger partial charge in [-0.2, -0.15) is 0 Å². The number of benzene rings is 3. The third-order valence-electron chi connectivity index (χ3n) is 6.24. The van der Waals surface area contributed by atoms with E-state index in [1.807, 2.05) is 30.3 Å². The van der Waals surface area contributed by atoms with Crippen LogP contribution in [0.5, 0.6) is 11.5 Å². The van der Waals surface area contributed by atoms with E-state index in [0.717, 1.165) is 22.3 Å². The van der Waals surface area contributed by atoms with Gasteiger partial charge in [0, 0.05) is 17.5 Å². The van der Waals surface area contributed by atoms with Crippen LogP contribution in [0.3, 0.4) is 0 Å². The highest BCUT2D eigenvalue weighted by molar-refractivity contribution is 5.71. The highest BCUT2D eigenvalue weighted by atomic mass is 19.1. The molecule has 3 aromatic carbocycles. The fourth-order valence-corrected chi connectivity index (χ4v) is 4.33. The Balaban J connectivity index is 1.57. The number of methoxy groups -OCH3 is 1. The number of ether oxygens (including phenoxy) is 2. The lowest BCUT2D eigenvalue weighted by Crippen LogP contribution is -2.13. The number of carbonyl (C=O) groups is 1. The molecule has 37 heavy (non-hydrogen) atoms. The molecule has 0 saturated carbocycles. The van der Waals surface area contributed by atoms with E-state index in [1.165, 1.54) is 12.3 Å². The van der Waals surface area contributed by atoms with Gasteiger partial charge in [-0.1, -0.05) is 50.2 Å². The molecule has 6 nitrogen and oxygen atoms in total. The van der Waals surface area contributed by atoms with Crippen LogP contribution in [-0.2, 0) is 16.8 Å². The molecule has 7 heteroatoms. The minimum Gasteiger partial charge on any atom is -0.497 e. The van der Waals surface area contributed by atoms with Gasteiger partial charge < -0.3 is 19.1 Å². The number of carboxylic acid groups (broad SMARTS) is 1. The van der Waals surface area contributed by atoms with Crippen molar-refractivity contribution < 1.29 is 28.3 Å². The van der Waals surface area contributed by atoms with Crippen molar-refractivity contribution in [3.63, 3.8) is 0 Å². The molecule has 0 fully saturated rings. The van der Waals surface area contributed by atoms with Gasteiger partial charge in [-0.25, -0.2) is 4.39 Å². The summed E-state index contributed by atoms with van der Waals surface area (Å²) in [4.78, 5) is 11.4. The quantitative estimate of drug-likeness (QED) is 0.266. The number of hydrogen-bond acceptors (Lipinski definition) is 5. The molecule has 0 spiro atoms. The fourth-order valence-electron chi connectivity index (χ4n) is 4.33. The molecule has 4 aromatic rings. The third kappa shape index (κ3) is 6.17. The van der Waals surface area contributed by atoms with Crippen LogP contribution < -0.4 is 9.47 Å². The van der Waals surface area contributed by atoms with Gasteiger partial charge in [0.25, 0.3) is 0 Å². The first kappa shape index (κ1) is 25.9. The Labute approximate surface area is 215 Å². The first-order chi connectivity index (χ1) is 17.7. The zero-order valence-corrected chi connectivity index (χ0v) is 21.3. The van der Waals surface area contributed by atoms with Crippen molar-refractivity contribution in [2.24, 2.45) is 0 Å². The van der Waals surface area contributed by atoms with E-state index in [1.54, 1.807) is 37.4 Å². The Bertz CT molecular complexity index is 1360. The number of aliphatic carboxylic acids is 1. The molecule has 1 atom stereocenters. The van der Waals surface area contributed by atoms with E-state index >= 15 is 0 Å². The summed E-state index contributed by atoms with van der Waals surface area (Å²) in [5.41, 5.74) is 4.35. The Morgan fingerprint density at radius 1 is 1.00 bits per heavy atom. The van der Waals surface area contributed by atoms with Crippen LogP contribution in [0.25, 0.3) is 11.1 Å². The lowest BCUT2D eigenvalue weighted by Gasteiger charge is -2.24. The molecular weight excluding hydrogens is 473 g/mol. The second-order valence-electron chi connectivity index (χ2n) is 9.91. The standard InChI is InChI=1S/C30H30FNO5/c1-30(2,3)26-11-5-19(15-24(26)25-16-22(35-4)10-12-27(25)31)18-36-21-8-6-20(7-9-21)23(17-29(33)34)28-13-14-37-32-28/h5-16,23H,17-18H2,1-4H3,(H,33,34)/t23-/m0/s1. The van der Waals surface area contributed by atoms with Crippen LogP contribution >= 0.6 is 0 Å². The molecule has 0 aliphatic carbocycles. The summed E-state index contributed by atoms with van der Waals surface area (Å²) in [5, 5.41) is 13.2. The minimum atomic E-state index is -0.921. The van der Waals surface area contributed by atoms with Crippen molar-refractivity contribution in [1.82, 2.24) is 5.16 Å². The van der Waals surface area contributed by atoms with Crippen LogP contribution in [0.2, 0.25) is 0 Å². The zero-order valence-electron chi connectivity index (χ0n) is 21.3. The highest BCUT2D eigenvalue weighted by Crippen LogP contribution is 2.37. The second kappa shape index (κ2) is 10.9. The number of hydrogen-bond donors (Lipinski definition) is 1. The van der Waals surface area contributed by atoms with Crippen LogP contribution in [-0.4, -0.2) is 23.3 Å². The predicted octanol–water partition coefficient (Wildman–Crippen LogP) is 6.97. The summed E-state index contributed by atoms with van der Waals surface area (Å²) in [5.74, 6) is -0.439. The SMILES string of the molecule is COc1ccc(F)c(-c2cc(COc3ccc([C@H](CC(=O)O)c4ccon4)cc3)ccc2C(C)(C)C)c1. The lowest BCUT2D eigenvalue weighted by atomic mass is 9.81. The van der Waals surface area contributed by atoms with E-state index < -0.39 is 11.9 Å². The smallest absolute Gasteiger partial charge is 0.304 e. The minimum absolute atomic E-state index is 0.101. The van der Waals surface area contributed by atoms with Gasteiger partial charge in [0.05, 0.1) is 19.2 Å². The number of aromatic nitrogens is 1. The Morgan fingerprint density at radius 3 is 2.35 bits per heavy atom. The van der Waals surface area contributed by atoms with Gasteiger partial charge in [0.2, 0.25) is 0 Å². The van der Waals surface area contributed by atoms with E-state index in [4.69, 9.17) is 14.0 Å². The first-order valence-corrected chi connectivity index (χ1v) is 12.0. The van der Waals surface area contributed by atoms with Gasteiger partial charge in [-0.3, -0.25) is 4.79 Å². The lowest BCUT2D eigenvalue weighted by molar-refractivity contribution is -0.137. The Hall–Kier alpha value is -4.13. The summed E-state index contributed by atoms with van der Waals surface area (Å²) in [7, 11) is 1.56. The zero-order chi connectivity index (χ0) is 26.6. The molecule has 0 aliphatic rings. The van der Waals surface area contributed by atoms with Crippen LogP contribution in [0, 0.1) is 5.82 Å². The molecule has 4 rings (SSSR count). The van der Waals surface area contributed by atoms with E-state index in [0.29, 0.717) is 22.8 Å². The molecule has 0 radical (unpaired) electrons. The number of rotatable bonds is 9. The number of nitrogens with zero attached hydrogens (tertiary/aromatic N) is 1. The van der Waals surface area contributed by atoms with Crippen LogP contribution in [0.4, 0.5) is 4.39 Å². The predicted molar refractivity (Wildman–Crippen MR) is 138 cm³/mol. The van der Waals surface area contributed by atoms with Crippen LogP contribution in [0.1, 0.15) is 55.5 Å². The molecule has 0 unspecified atom stereocenters. The summed E-state index contributed by atoms with van der Waals surface area (Å²) in [6, 6.07) is 19.6. The monoisotopic (exact) mass is 503 g/mol. The number of carboxylic acids is 1. The molecule has 1 aromatic heterocycles. The highest BCUT2D eigenvalue weighted by Gasteiger charge is 2.22. The maximum absolute atomic E-state index is 14.9. The first-order valence-electron chi connectivity index (χ1n) is 12.0.